The smallest absolute Gasteiger partial charge is 0.329 e. The van der Waals surface area contributed by atoms with Gasteiger partial charge in [-0.3, -0.25) is 4.79 Å². The summed E-state index contributed by atoms with van der Waals surface area (Å²) in [6.45, 7) is 6.25. The van der Waals surface area contributed by atoms with E-state index in [1.165, 1.54) is 4.90 Å². The molecule has 6 heteroatoms. The van der Waals surface area contributed by atoms with Gasteiger partial charge >= 0.3 is 6.03 Å². The summed E-state index contributed by atoms with van der Waals surface area (Å²) >= 11 is 2.16. The molecule has 0 aliphatic carbocycles. The van der Waals surface area contributed by atoms with Gasteiger partial charge in [-0.25, -0.2) is 9.69 Å². The number of imide groups is 1. The zero-order valence-corrected chi connectivity index (χ0v) is 14.1. The van der Waals surface area contributed by atoms with Crippen LogP contribution in [0.15, 0.2) is 12.1 Å². The predicted molar refractivity (Wildman–Crippen MR) is 85.3 cm³/mol. The summed E-state index contributed by atoms with van der Waals surface area (Å²) < 4.78 is 6.34. The number of ether oxygens (including phenoxy) is 1. The summed E-state index contributed by atoms with van der Waals surface area (Å²) in [7, 11) is 1.63. The second-order valence-electron chi connectivity index (χ2n) is 5.65. The molecule has 1 N–H and O–H groups in total. The number of methoxy groups -OCH3 is 1. The fourth-order valence-electron chi connectivity index (χ4n) is 2.16. The van der Waals surface area contributed by atoms with Gasteiger partial charge < -0.3 is 10.1 Å². The van der Waals surface area contributed by atoms with Crippen LogP contribution in [0, 0.1) is 3.57 Å². The van der Waals surface area contributed by atoms with E-state index in [0.717, 1.165) is 14.9 Å². The molecule has 0 aromatic heterocycles. The lowest BCUT2D eigenvalue weighted by Gasteiger charge is -2.25. The molecular weight excluding hydrogens is 371 g/mol. The van der Waals surface area contributed by atoms with E-state index in [1.54, 1.807) is 13.2 Å². The maximum absolute atomic E-state index is 11.8. The second-order valence-corrected chi connectivity index (χ2v) is 6.81. The SMILES string of the molecule is COc1c(I)cc(N2C(=O)CNC2=O)cc1C(C)(C)C. The minimum Gasteiger partial charge on any atom is -0.495 e. The standard InChI is InChI=1S/C14H17IN2O3/c1-14(2,3)9-5-8(6-10(15)12(9)20-4)17-11(18)7-16-13(17)19/h5-6H,7H2,1-4H3,(H,16,19). The summed E-state index contributed by atoms with van der Waals surface area (Å²) in [5, 5.41) is 2.53. The summed E-state index contributed by atoms with van der Waals surface area (Å²) in [4.78, 5) is 24.8. The molecule has 0 bridgehead atoms. The molecule has 3 amide bonds. The van der Waals surface area contributed by atoms with Crippen molar-refractivity contribution >= 4 is 40.2 Å². The molecule has 1 saturated heterocycles. The van der Waals surface area contributed by atoms with Gasteiger partial charge in [0.2, 0.25) is 0 Å². The Morgan fingerprint density at radius 3 is 2.40 bits per heavy atom. The largest absolute Gasteiger partial charge is 0.495 e. The Balaban J connectivity index is 2.60. The molecule has 20 heavy (non-hydrogen) atoms. The number of rotatable bonds is 2. The van der Waals surface area contributed by atoms with Crippen molar-refractivity contribution in [3.05, 3.63) is 21.3 Å². The molecule has 0 spiro atoms. The number of hydrogen-bond acceptors (Lipinski definition) is 3. The maximum Gasteiger partial charge on any atom is 0.329 e. The minimum atomic E-state index is -0.379. The van der Waals surface area contributed by atoms with Crippen molar-refractivity contribution in [2.75, 3.05) is 18.6 Å². The van der Waals surface area contributed by atoms with Crippen molar-refractivity contribution in [1.82, 2.24) is 5.32 Å². The van der Waals surface area contributed by atoms with E-state index in [-0.39, 0.29) is 23.9 Å². The van der Waals surface area contributed by atoms with Crippen LogP contribution in [0.5, 0.6) is 5.75 Å². The number of benzene rings is 1. The Kier molecular flexibility index (Phi) is 3.95. The van der Waals surface area contributed by atoms with Gasteiger partial charge in [0.15, 0.2) is 0 Å². The number of nitrogens with zero attached hydrogens (tertiary/aromatic N) is 1. The second kappa shape index (κ2) is 5.23. The first-order chi connectivity index (χ1) is 9.25. The van der Waals surface area contributed by atoms with Crippen LogP contribution in [0.4, 0.5) is 10.5 Å². The molecule has 0 saturated carbocycles. The van der Waals surface area contributed by atoms with Gasteiger partial charge in [-0.05, 0) is 40.1 Å². The third kappa shape index (κ3) is 2.61. The van der Waals surface area contributed by atoms with Crippen LogP contribution in [0.1, 0.15) is 26.3 Å². The topological polar surface area (TPSA) is 58.6 Å². The summed E-state index contributed by atoms with van der Waals surface area (Å²) in [5.74, 6) is 0.546. The van der Waals surface area contributed by atoms with Crippen LogP contribution in [0.2, 0.25) is 0 Å². The molecule has 0 radical (unpaired) electrons. The summed E-state index contributed by atoms with van der Waals surface area (Å²) in [6, 6.07) is 3.26. The lowest BCUT2D eigenvalue weighted by Crippen LogP contribution is -2.31. The van der Waals surface area contributed by atoms with E-state index < -0.39 is 0 Å². The van der Waals surface area contributed by atoms with E-state index in [2.05, 4.69) is 48.7 Å². The Morgan fingerprint density at radius 2 is 1.95 bits per heavy atom. The summed E-state index contributed by atoms with van der Waals surface area (Å²) in [6.07, 6.45) is 0. The van der Waals surface area contributed by atoms with Gasteiger partial charge in [-0.15, -0.1) is 0 Å². The Bertz CT molecular complexity index is 563. The van der Waals surface area contributed by atoms with Gasteiger partial charge in [-0.1, -0.05) is 20.8 Å². The number of urea groups is 1. The average Bonchev–Trinajstić information content (AvgIpc) is 2.67. The van der Waals surface area contributed by atoms with Gasteiger partial charge in [0.25, 0.3) is 5.91 Å². The zero-order chi connectivity index (χ0) is 15.1. The van der Waals surface area contributed by atoms with Crippen molar-refractivity contribution in [1.29, 1.82) is 0 Å². The van der Waals surface area contributed by atoms with Crippen LogP contribution in [0.3, 0.4) is 0 Å². The normalized spacial score (nSPS) is 15.6. The first-order valence-electron chi connectivity index (χ1n) is 6.24. The fraction of sp³-hybridized carbons (Fsp3) is 0.429. The molecule has 0 unspecified atom stereocenters. The molecule has 0 atom stereocenters. The van der Waals surface area contributed by atoms with Gasteiger partial charge in [0.05, 0.1) is 22.9 Å². The Hall–Kier alpha value is -1.31. The van der Waals surface area contributed by atoms with Crippen LogP contribution in [-0.2, 0) is 10.2 Å². The molecule has 1 aromatic carbocycles. The highest BCUT2D eigenvalue weighted by atomic mass is 127. The van der Waals surface area contributed by atoms with Gasteiger partial charge in [0, 0.05) is 5.56 Å². The molecule has 1 aliphatic heterocycles. The van der Waals surface area contributed by atoms with Crippen LogP contribution < -0.4 is 15.0 Å². The van der Waals surface area contributed by atoms with Crippen LogP contribution in [-0.4, -0.2) is 25.6 Å². The van der Waals surface area contributed by atoms with Gasteiger partial charge in [0.1, 0.15) is 5.75 Å². The summed E-state index contributed by atoms with van der Waals surface area (Å²) in [5.41, 5.74) is 1.40. The number of carbonyl (C=O) groups excluding carboxylic acids is 2. The highest BCUT2D eigenvalue weighted by molar-refractivity contribution is 14.1. The molecule has 1 fully saturated rings. The Morgan fingerprint density at radius 1 is 1.30 bits per heavy atom. The number of halogens is 1. The fourth-order valence-corrected chi connectivity index (χ4v) is 2.99. The predicted octanol–water partition coefficient (Wildman–Crippen LogP) is 2.65. The molecule has 1 heterocycles. The van der Waals surface area contributed by atoms with E-state index in [9.17, 15) is 9.59 Å². The monoisotopic (exact) mass is 388 g/mol. The highest BCUT2D eigenvalue weighted by Crippen LogP contribution is 2.38. The number of hydrogen-bond donors (Lipinski definition) is 1. The average molecular weight is 388 g/mol. The van der Waals surface area contributed by atoms with E-state index >= 15 is 0 Å². The molecule has 1 aromatic rings. The Labute approximate surface area is 131 Å². The van der Waals surface area contributed by atoms with Crippen molar-refractivity contribution in [3.63, 3.8) is 0 Å². The zero-order valence-electron chi connectivity index (χ0n) is 11.9. The lowest BCUT2D eigenvalue weighted by atomic mass is 9.86. The number of nitrogens with one attached hydrogen (secondary N) is 1. The highest BCUT2D eigenvalue weighted by Gasteiger charge is 2.32. The molecular formula is C14H17IN2O3. The lowest BCUT2D eigenvalue weighted by molar-refractivity contribution is -0.115. The van der Waals surface area contributed by atoms with Crippen molar-refractivity contribution in [3.8, 4) is 5.75 Å². The van der Waals surface area contributed by atoms with E-state index in [1.807, 2.05) is 6.07 Å². The first-order valence-corrected chi connectivity index (χ1v) is 7.32. The number of anilines is 1. The molecule has 2 rings (SSSR count). The number of carbonyl (C=O) groups is 2. The van der Waals surface area contributed by atoms with Crippen LogP contribution in [0.25, 0.3) is 0 Å². The molecule has 1 aliphatic rings. The van der Waals surface area contributed by atoms with E-state index in [0.29, 0.717) is 5.69 Å². The number of amides is 3. The third-order valence-corrected chi connectivity index (χ3v) is 3.94. The minimum absolute atomic E-state index is 0.0479. The van der Waals surface area contributed by atoms with Crippen molar-refractivity contribution < 1.29 is 14.3 Å². The van der Waals surface area contributed by atoms with E-state index in [4.69, 9.17) is 4.74 Å². The maximum atomic E-state index is 11.8. The van der Waals surface area contributed by atoms with Crippen LogP contribution >= 0.6 is 22.6 Å². The van der Waals surface area contributed by atoms with Gasteiger partial charge in [-0.2, -0.15) is 0 Å². The van der Waals surface area contributed by atoms with Crippen molar-refractivity contribution in [2.24, 2.45) is 0 Å². The molecule has 5 nitrogen and oxygen atoms in total. The first kappa shape index (κ1) is 15.1. The molecule has 108 valence electrons. The van der Waals surface area contributed by atoms with Crippen molar-refractivity contribution in [2.45, 2.75) is 26.2 Å². The quantitative estimate of drug-likeness (QED) is 0.626. The third-order valence-electron chi connectivity index (χ3n) is 3.14.